The van der Waals surface area contributed by atoms with Crippen LogP contribution in [0.15, 0.2) is 23.1 Å². The second kappa shape index (κ2) is 4.83. The highest BCUT2D eigenvalue weighted by molar-refractivity contribution is 9.10. The molecule has 2 heterocycles. The van der Waals surface area contributed by atoms with Gasteiger partial charge >= 0.3 is 0 Å². The first-order valence-electron chi connectivity index (χ1n) is 4.40. The van der Waals surface area contributed by atoms with Gasteiger partial charge in [-0.05, 0) is 15.9 Å². The Morgan fingerprint density at radius 3 is 2.73 bits per heavy atom. The van der Waals surface area contributed by atoms with E-state index in [9.17, 15) is 0 Å². The standard InChI is InChI=1S/C8H9BrN6/c9-6-3-11-8(12-4-6)10-2-1-7-5-13-15-14-7/h3-5H,1-2H2,(H,10,11,12)(H,13,14,15). The van der Waals surface area contributed by atoms with Crippen LogP contribution >= 0.6 is 15.9 Å². The zero-order chi connectivity index (χ0) is 10.5. The van der Waals surface area contributed by atoms with Crippen molar-refractivity contribution in [1.82, 2.24) is 25.4 Å². The van der Waals surface area contributed by atoms with Gasteiger partial charge in [0.25, 0.3) is 0 Å². The lowest BCUT2D eigenvalue weighted by atomic mass is 10.3. The van der Waals surface area contributed by atoms with E-state index >= 15 is 0 Å². The first-order valence-corrected chi connectivity index (χ1v) is 5.20. The molecule has 7 heteroatoms. The summed E-state index contributed by atoms with van der Waals surface area (Å²) in [7, 11) is 0. The lowest BCUT2D eigenvalue weighted by Crippen LogP contribution is -2.07. The van der Waals surface area contributed by atoms with Crippen LogP contribution in [0.5, 0.6) is 0 Å². The van der Waals surface area contributed by atoms with Gasteiger partial charge in [-0.15, -0.1) is 0 Å². The van der Waals surface area contributed by atoms with Crippen molar-refractivity contribution in [2.75, 3.05) is 11.9 Å². The molecule has 0 aliphatic heterocycles. The summed E-state index contributed by atoms with van der Waals surface area (Å²) in [5.74, 6) is 0.613. The van der Waals surface area contributed by atoms with Gasteiger partial charge in [-0.1, -0.05) is 0 Å². The molecule has 0 aliphatic carbocycles. The normalized spacial score (nSPS) is 10.2. The van der Waals surface area contributed by atoms with E-state index in [1.807, 2.05) is 0 Å². The van der Waals surface area contributed by atoms with E-state index in [1.165, 1.54) is 0 Å². The average Bonchev–Trinajstić information content (AvgIpc) is 2.74. The molecule has 2 rings (SSSR count). The van der Waals surface area contributed by atoms with E-state index in [-0.39, 0.29) is 0 Å². The molecule has 2 aromatic heterocycles. The van der Waals surface area contributed by atoms with Crippen molar-refractivity contribution < 1.29 is 0 Å². The number of hydrogen-bond acceptors (Lipinski definition) is 5. The van der Waals surface area contributed by atoms with Crippen LogP contribution in [0.25, 0.3) is 0 Å². The topological polar surface area (TPSA) is 79.4 Å². The second-order valence-electron chi connectivity index (χ2n) is 2.86. The summed E-state index contributed by atoms with van der Waals surface area (Å²) < 4.78 is 0.865. The van der Waals surface area contributed by atoms with Gasteiger partial charge in [-0.3, -0.25) is 0 Å². The Hall–Kier alpha value is -1.50. The van der Waals surface area contributed by atoms with Crippen molar-refractivity contribution in [1.29, 1.82) is 0 Å². The van der Waals surface area contributed by atoms with Crippen molar-refractivity contribution in [3.63, 3.8) is 0 Å². The zero-order valence-corrected chi connectivity index (χ0v) is 9.40. The van der Waals surface area contributed by atoms with Gasteiger partial charge in [0.2, 0.25) is 5.95 Å². The van der Waals surface area contributed by atoms with Crippen LogP contribution in [0.4, 0.5) is 5.95 Å². The van der Waals surface area contributed by atoms with Crippen molar-refractivity contribution >= 4 is 21.9 Å². The molecule has 0 fully saturated rings. The van der Waals surface area contributed by atoms with E-state index in [4.69, 9.17) is 0 Å². The Labute approximate surface area is 94.7 Å². The van der Waals surface area contributed by atoms with Crippen LogP contribution in [-0.2, 0) is 6.42 Å². The minimum Gasteiger partial charge on any atom is -0.354 e. The number of hydrogen-bond donors (Lipinski definition) is 2. The molecule has 15 heavy (non-hydrogen) atoms. The molecule has 0 aromatic carbocycles. The summed E-state index contributed by atoms with van der Waals surface area (Å²) >= 11 is 3.27. The van der Waals surface area contributed by atoms with E-state index in [1.54, 1.807) is 18.6 Å². The van der Waals surface area contributed by atoms with E-state index < -0.39 is 0 Å². The third-order valence-corrected chi connectivity index (χ3v) is 2.16. The molecule has 2 aromatic rings. The minimum atomic E-state index is 0.613. The Morgan fingerprint density at radius 2 is 2.07 bits per heavy atom. The fourth-order valence-electron chi connectivity index (χ4n) is 1.05. The summed E-state index contributed by atoms with van der Waals surface area (Å²) in [6, 6.07) is 0. The third-order valence-electron chi connectivity index (χ3n) is 1.75. The van der Waals surface area contributed by atoms with E-state index in [0.717, 1.165) is 23.1 Å². The fourth-order valence-corrected chi connectivity index (χ4v) is 1.26. The Kier molecular flexibility index (Phi) is 3.23. The van der Waals surface area contributed by atoms with Gasteiger partial charge in [0, 0.05) is 25.4 Å². The molecule has 0 aliphatic rings. The molecule has 6 nitrogen and oxygen atoms in total. The Balaban J connectivity index is 1.81. The van der Waals surface area contributed by atoms with Crippen LogP contribution in [-0.4, -0.2) is 31.9 Å². The summed E-state index contributed by atoms with van der Waals surface area (Å²) in [6.07, 6.45) is 5.89. The predicted molar refractivity (Wildman–Crippen MR) is 58.3 cm³/mol. The zero-order valence-electron chi connectivity index (χ0n) is 7.81. The molecule has 0 atom stereocenters. The fraction of sp³-hybridized carbons (Fsp3) is 0.250. The van der Waals surface area contributed by atoms with Gasteiger partial charge in [-0.25, -0.2) is 9.97 Å². The molecule has 0 spiro atoms. The van der Waals surface area contributed by atoms with Gasteiger partial charge in [-0.2, -0.15) is 15.4 Å². The quantitative estimate of drug-likeness (QED) is 0.866. The second-order valence-corrected chi connectivity index (χ2v) is 3.78. The van der Waals surface area contributed by atoms with Crippen LogP contribution < -0.4 is 5.32 Å². The maximum absolute atomic E-state index is 4.08. The molecular weight excluding hydrogens is 260 g/mol. The maximum atomic E-state index is 4.08. The number of aromatic nitrogens is 5. The first-order chi connectivity index (χ1) is 7.34. The number of nitrogens with zero attached hydrogens (tertiary/aromatic N) is 4. The summed E-state index contributed by atoms with van der Waals surface area (Å²) in [4.78, 5) is 8.17. The highest BCUT2D eigenvalue weighted by atomic mass is 79.9. The van der Waals surface area contributed by atoms with Gasteiger partial charge in [0.15, 0.2) is 0 Å². The first kappa shape index (κ1) is 10.0. The van der Waals surface area contributed by atoms with Crippen molar-refractivity contribution in [2.45, 2.75) is 6.42 Å². The van der Waals surface area contributed by atoms with Crippen LogP contribution in [0.3, 0.4) is 0 Å². The number of rotatable bonds is 4. The number of aromatic amines is 1. The molecule has 78 valence electrons. The molecule has 0 radical (unpaired) electrons. The number of anilines is 1. The van der Waals surface area contributed by atoms with Crippen molar-refractivity contribution in [3.05, 3.63) is 28.8 Å². The molecule has 2 N–H and O–H groups in total. The van der Waals surface area contributed by atoms with Gasteiger partial charge < -0.3 is 5.32 Å². The number of nitrogens with one attached hydrogen (secondary N) is 2. The van der Waals surface area contributed by atoms with E-state index in [0.29, 0.717) is 5.95 Å². The smallest absolute Gasteiger partial charge is 0.222 e. The van der Waals surface area contributed by atoms with Crippen LogP contribution in [0, 0.1) is 0 Å². The summed E-state index contributed by atoms with van der Waals surface area (Å²) in [6.45, 7) is 0.730. The average molecular weight is 269 g/mol. The largest absolute Gasteiger partial charge is 0.354 e. The number of H-pyrrole nitrogens is 1. The van der Waals surface area contributed by atoms with Gasteiger partial charge in [0.1, 0.15) is 0 Å². The molecular formula is C8H9BrN6. The van der Waals surface area contributed by atoms with Crippen molar-refractivity contribution in [3.8, 4) is 0 Å². The SMILES string of the molecule is Brc1cnc(NCCc2cn[nH]n2)nc1. The maximum Gasteiger partial charge on any atom is 0.222 e. The lowest BCUT2D eigenvalue weighted by Gasteiger charge is -2.01. The Bertz CT molecular complexity index is 398. The lowest BCUT2D eigenvalue weighted by molar-refractivity contribution is 0.886. The molecule has 0 saturated carbocycles. The third kappa shape index (κ3) is 2.98. The minimum absolute atomic E-state index is 0.613. The highest BCUT2D eigenvalue weighted by Crippen LogP contribution is 2.06. The van der Waals surface area contributed by atoms with Crippen LogP contribution in [0.1, 0.15) is 5.69 Å². The Morgan fingerprint density at radius 1 is 1.27 bits per heavy atom. The monoisotopic (exact) mass is 268 g/mol. The predicted octanol–water partition coefficient (Wildman–Crippen LogP) is 1.01. The number of halogens is 1. The molecule has 0 bridgehead atoms. The molecule has 0 amide bonds. The highest BCUT2D eigenvalue weighted by Gasteiger charge is 1.97. The van der Waals surface area contributed by atoms with Crippen molar-refractivity contribution in [2.24, 2.45) is 0 Å². The molecule has 0 unspecified atom stereocenters. The summed E-state index contributed by atoms with van der Waals surface area (Å²) in [5.41, 5.74) is 0.916. The molecule has 0 saturated heterocycles. The van der Waals surface area contributed by atoms with Crippen LogP contribution in [0.2, 0.25) is 0 Å². The summed E-state index contributed by atoms with van der Waals surface area (Å²) in [5, 5.41) is 13.3. The van der Waals surface area contributed by atoms with E-state index in [2.05, 4.69) is 46.6 Å². The van der Waals surface area contributed by atoms with Gasteiger partial charge in [0.05, 0.1) is 16.4 Å².